The van der Waals surface area contributed by atoms with Gasteiger partial charge in [0.05, 0.1) is 22.5 Å². The summed E-state index contributed by atoms with van der Waals surface area (Å²) >= 11 is 0. The smallest absolute Gasteiger partial charge is 0.261 e. The summed E-state index contributed by atoms with van der Waals surface area (Å²) in [5.41, 5.74) is 1.91. The Morgan fingerprint density at radius 3 is 2.61 bits per heavy atom. The minimum atomic E-state index is -3.66. The van der Waals surface area contributed by atoms with E-state index in [9.17, 15) is 8.42 Å². The van der Waals surface area contributed by atoms with E-state index < -0.39 is 10.0 Å². The van der Waals surface area contributed by atoms with Crippen LogP contribution < -0.4 is 9.46 Å². The number of H-pyrrole nitrogens is 1. The van der Waals surface area contributed by atoms with E-state index >= 15 is 0 Å². The standard InChI is InChI=1S/C16H17N3O3S/c1-3-22-13-6-4-12(5-7-13)19-23(20,21)14-8-9-15-16(10-14)18-11(2)17-15/h4-10,19H,3H2,1-2H3,(H,17,18). The van der Waals surface area contributed by atoms with Crippen LogP contribution in [0.15, 0.2) is 47.4 Å². The summed E-state index contributed by atoms with van der Waals surface area (Å²) in [4.78, 5) is 7.48. The van der Waals surface area contributed by atoms with Crippen LogP contribution >= 0.6 is 0 Å². The van der Waals surface area contributed by atoms with Gasteiger partial charge in [0.1, 0.15) is 11.6 Å². The molecule has 0 aliphatic rings. The number of nitrogens with one attached hydrogen (secondary N) is 2. The molecule has 0 aliphatic heterocycles. The van der Waals surface area contributed by atoms with Crippen LogP contribution in [0.5, 0.6) is 5.75 Å². The Balaban J connectivity index is 1.87. The zero-order valence-electron chi connectivity index (χ0n) is 12.8. The summed E-state index contributed by atoms with van der Waals surface area (Å²) in [5.74, 6) is 1.44. The van der Waals surface area contributed by atoms with Crippen LogP contribution in [0.1, 0.15) is 12.7 Å². The first-order valence-corrected chi connectivity index (χ1v) is 8.68. The van der Waals surface area contributed by atoms with Crippen molar-refractivity contribution in [2.45, 2.75) is 18.7 Å². The molecule has 0 saturated carbocycles. The number of fused-ring (bicyclic) bond motifs is 1. The van der Waals surface area contributed by atoms with Crippen LogP contribution in [-0.4, -0.2) is 25.0 Å². The van der Waals surface area contributed by atoms with Crippen molar-refractivity contribution in [2.24, 2.45) is 0 Å². The van der Waals surface area contributed by atoms with Gasteiger partial charge in [0.25, 0.3) is 10.0 Å². The van der Waals surface area contributed by atoms with Crippen molar-refractivity contribution < 1.29 is 13.2 Å². The van der Waals surface area contributed by atoms with Crippen LogP contribution in [0, 0.1) is 6.92 Å². The number of imidazole rings is 1. The van der Waals surface area contributed by atoms with Gasteiger partial charge in [-0.3, -0.25) is 4.72 Å². The molecule has 3 aromatic rings. The van der Waals surface area contributed by atoms with Crippen molar-refractivity contribution in [3.63, 3.8) is 0 Å². The number of sulfonamides is 1. The monoisotopic (exact) mass is 331 g/mol. The number of hydrogen-bond acceptors (Lipinski definition) is 4. The number of benzene rings is 2. The number of anilines is 1. The number of aryl methyl sites for hydroxylation is 1. The fourth-order valence-electron chi connectivity index (χ4n) is 2.28. The molecule has 0 fully saturated rings. The van der Waals surface area contributed by atoms with Crippen molar-refractivity contribution in [3.05, 3.63) is 48.3 Å². The number of aromatic nitrogens is 2. The highest BCUT2D eigenvalue weighted by atomic mass is 32.2. The van der Waals surface area contributed by atoms with Gasteiger partial charge in [0.15, 0.2) is 0 Å². The summed E-state index contributed by atoms with van der Waals surface area (Å²) in [6, 6.07) is 11.6. The van der Waals surface area contributed by atoms with Gasteiger partial charge in [0, 0.05) is 5.69 Å². The highest BCUT2D eigenvalue weighted by Gasteiger charge is 2.15. The first kappa shape index (κ1) is 15.4. The van der Waals surface area contributed by atoms with E-state index in [4.69, 9.17) is 4.74 Å². The fraction of sp³-hybridized carbons (Fsp3) is 0.188. The van der Waals surface area contributed by atoms with Gasteiger partial charge in [-0.05, 0) is 56.3 Å². The third kappa shape index (κ3) is 3.29. The molecular formula is C16H17N3O3S. The van der Waals surface area contributed by atoms with Gasteiger partial charge in [-0.2, -0.15) is 0 Å². The first-order chi connectivity index (χ1) is 11.0. The van der Waals surface area contributed by atoms with Crippen LogP contribution in [-0.2, 0) is 10.0 Å². The Kier molecular flexibility index (Phi) is 3.96. The average Bonchev–Trinajstić information content (AvgIpc) is 2.88. The zero-order chi connectivity index (χ0) is 16.4. The Labute approximate surface area is 134 Å². The molecule has 0 spiro atoms. The molecule has 0 radical (unpaired) electrons. The summed E-state index contributed by atoms with van der Waals surface area (Å²) in [6.07, 6.45) is 0. The molecule has 3 rings (SSSR count). The van der Waals surface area contributed by atoms with E-state index in [0.29, 0.717) is 23.6 Å². The number of ether oxygens (including phenoxy) is 1. The molecule has 1 heterocycles. The quantitative estimate of drug-likeness (QED) is 0.752. The summed E-state index contributed by atoms with van der Waals surface area (Å²) in [5, 5.41) is 0. The largest absolute Gasteiger partial charge is 0.494 e. The van der Waals surface area contributed by atoms with Gasteiger partial charge >= 0.3 is 0 Å². The van der Waals surface area contributed by atoms with E-state index in [1.807, 2.05) is 13.8 Å². The molecule has 0 amide bonds. The molecule has 0 atom stereocenters. The number of hydrogen-bond donors (Lipinski definition) is 2. The molecule has 0 saturated heterocycles. The lowest BCUT2D eigenvalue weighted by Crippen LogP contribution is -2.12. The summed E-state index contributed by atoms with van der Waals surface area (Å²) in [6.45, 7) is 4.28. The highest BCUT2D eigenvalue weighted by molar-refractivity contribution is 7.92. The van der Waals surface area contributed by atoms with E-state index in [1.54, 1.807) is 42.5 Å². The van der Waals surface area contributed by atoms with E-state index in [-0.39, 0.29) is 4.90 Å². The van der Waals surface area contributed by atoms with Gasteiger partial charge in [-0.25, -0.2) is 13.4 Å². The van der Waals surface area contributed by atoms with E-state index in [1.165, 1.54) is 0 Å². The topological polar surface area (TPSA) is 84.1 Å². The first-order valence-electron chi connectivity index (χ1n) is 7.20. The molecular weight excluding hydrogens is 314 g/mol. The van der Waals surface area contributed by atoms with Crippen molar-refractivity contribution >= 4 is 26.7 Å². The maximum Gasteiger partial charge on any atom is 0.261 e. The molecule has 6 nitrogen and oxygen atoms in total. The molecule has 7 heteroatoms. The van der Waals surface area contributed by atoms with Crippen LogP contribution in [0.4, 0.5) is 5.69 Å². The molecule has 0 bridgehead atoms. The molecule has 120 valence electrons. The Morgan fingerprint density at radius 2 is 1.91 bits per heavy atom. The van der Waals surface area contributed by atoms with Gasteiger partial charge in [-0.15, -0.1) is 0 Å². The lowest BCUT2D eigenvalue weighted by molar-refractivity contribution is 0.340. The van der Waals surface area contributed by atoms with E-state index in [2.05, 4.69) is 14.7 Å². The van der Waals surface area contributed by atoms with Crippen molar-refractivity contribution in [1.82, 2.24) is 9.97 Å². The highest BCUT2D eigenvalue weighted by Crippen LogP contribution is 2.22. The summed E-state index contributed by atoms with van der Waals surface area (Å²) < 4.78 is 32.9. The second-order valence-corrected chi connectivity index (χ2v) is 6.75. The minimum absolute atomic E-state index is 0.183. The number of rotatable bonds is 5. The molecule has 0 unspecified atom stereocenters. The van der Waals surface area contributed by atoms with Crippen molar-refractivity contribution in [3.8, 4) is 5.75 Å². The van der Waals surface area contributed by atoms with Gasteiger partial charge in [0.2, 0.25) is 0 Å². The minimum Gasteiger partial charge on any atom is -0.494 e. The third-order valence-electron chi connectivity index (χ3n) is 3.30. The molecule has 23 heavy (non-hydrogen) atoms. The predicted molar refractivity (Wildman–Crippen MR) is 89.3 cm³/mol. The Hall–Kier alpha value is -2.54. The van der Waals surface area contributed by atoms with Crippen LogP contribution in [0.3, 0.4) is 0 Å². The number of nitrogens with zero attached hydrogens (tertiary/aromatic N) is 1. The van der Waals surface area contributed by atoms with E-state index in [0.717, 1.165) is 11.3 Å². The lowest BCUT2D eigenvalue weighted by atomic mass is 10.3. The maximum absolute atomic E-state index is 12.5. The second kappa shape index (κ2) is 5.92. The fourth-order valence-corrected chi connectivity index (χ4v) is 3.37. The van der Waals surface area contributed by atoms with Crippen molar-refractivity contribution in [2.75, 3.05) is 11.3 Å². The van der Waals surface area contributed by atoms with Gasteiger partial charge in [-0.1, -0.05) is 0 Å². The molecule has 2 N–H and O–H groups in total. The normalized spacial score (nSPS) is 11.6. The average molecular weight is 331 g/mol. The van der Waals surface area contributed by atoms with Crippen LogP contribution in [0.2, 0.25) is 0 Å². The predicted octanol–water partition coefficient (Wildman–Crippen LogP) is 3.07. The molecule has 2 aromatic carbocycles. The van der Waals surface area contributed by atoms with Gasteiger partial charge < -0.3 is 9.72 Å². The Morgan fingerprint density at radius 1 is 1.17 bits per heavy atom. The zero-order valence-corrected chi connectivity index (χ0v) is 13.6. The Bertz CT molecular complexity index is 931. The molecule has 1 aromatic heterocycles. The number of aromatic amines is 1. The van der Waals surface area contributed by atoms with Crippen molar-refractivity contribution in [1.29, 1.82) is 0 Å². The second-order valence-electron chi connectivity index (χ2n) is 5.06. The summed E-state index contributed by atoms with van der Waals surface area (Å²) in [7, 11) is -3.66. The maximum atomic E-state index is 12.5. The van der Waals surface area contributed by atoms with Crippen LogP contribution in [0.25, 0.3) is 11.0 Å². The molecule has 0 aliphatic carbocycles. The third-order valence-corrected chi connectivity index (χ3v) is 4.68. The lowest BCUT2D eigenvalue weighted by Gasteiger charge is -2.09. The SMILES string of the molecule is CCOc1ccc(NS(=O)(=O)c2ccc3nc(C)[nH]c3c2)cc1.